The van der Waals surface area contributed by atoms with Crippen molar-refractivity contribution in [3.8, 4) is 11.5 Å². The molecule has 5 rings (SSSR count). The number of ether oxygens (including phenoxy) is 2. The third-order valence-electron chi connectivity index (χ3n) is 7.73. The molecule has 38 heavy (non-hydrogen) atoms. The molecule has 0 radical (unpaired) electrons. The van der Waals surface area contributed by atoms with E-state index >= 15 is 0 Å². The van der Waals surface area contributed by atoms with Crippen LogP contribution in [0, 0.1) is 0 Å². The number of nitrogens with one attached hydrogen (secondary N) is 1. The molecular weight excluding hydrogens is 498 g/mol. The molecular formula is C30H39N3O4S. The van der Waals surface area contributed by atoms with Gasteiger partial charge in [0.1, 0.15) is 5.00 Å². The monoisotopic (exact) mass is 537 g/mol. The second kappa shape index (κ2) is 12.8. The van der Waals surface area contributed by atoms with Crippen molar-refractivity contribution < 1.29 is 19.1 Å². The van der Waals surface area contributed by atoms with Crippen LogP contribution in [0.5, 0.6) is 11.5 Å². The molecule has 1 saturated heterocycles. The fourth-order valence-corrected chi connectivity index (χ4v) is 6.93. The topological polar surface area (TPSA) is 80.2 Å². The molecule has 1 aromatic heterocycles. The number of fused-ring (bicyclic) bond motifs is 1. The molecule has 0 bridgehead atoms. The molecule has 2 heterocycles. The van der Waals surface area contributed by atoms with Crippen molar-refractivity contribution in [3.05, 3.63) is 39.8 Å². The van der Waals surface area contributed by atoms with E-state index in [1.54, 1.807) is 17.6 Å². The van der Waals surface area contributed by atoms with Crippen molar-refractivity contribution in [2.75, 3.05) is 26.3 Å². The number of hydrogen-bond donors (Lipinski definition) is 1. The smallest absolute Gasteiger partial charge is 0.260 e. The average Bonchev–Trinajstić information content (AvgIpc) is 3.60. The van der Waals surface area contributed by atoms with Gasteiger partial charge in [0.2, 0.25) is 0 Å². The maximum atomic E-state index is 13.4. The fraction of sp³-hybridized carbons (Fsp3) is 0.567. The molecule has 1 aromatic carbocycles. The summed E-state index contributed by atoms with van der Waals surface area (Å²) in [5.41, 5.74) is 2.83. The van der Waals surface area contributed by atoms with E-state index in [1.807, 2.05) is 30.0 Å². The summed E-state index contributed by atoms with van der Waals surface area (Å²) in [7, 11) is 0. The molecule has 0 atom stereocenters. The molecule has 2 aliphatic carbocycles. The van der Waals surface area contributed by atoms with Gasteiger partial charge in [0, 0.05) is 30.2 Å². The van der Waals surface area contributed by atoms with Crippen molar-refractivity contribution in [1.29, 1.82) is 0 Å². The summed E-state index contributed by atoms with van der Waals surface area (Å²) in [6.45, 7) is 4.03. The Kier molecular flexibility index (Phi) is 8.99. The first-order valence-electron chi connectivity index (χ1n) is 14.3. The largest absolute Gasteiger partial charge is 0.490 e. The van der Waals surface area contributed by atoms with E-state index in [2.05, 4.69) is 5.32 Å². The van der Waals surface area contributed by atoms with Crippen LogP contribution in [0.1, 0.15) is 91.1 Å². The first-order chi connectivity index (χ1) is 18.6. The minimum absolute atomic E-state index is 0.00766. The Labute approximate surface area is 229 Å². The highest BCUT2D eigenvalue weighted by Crippen LogP contribution is 2.40. The van der Waals surface area contributed by atoms with E-state index in [1.165, 1.54) is 36.1 Å². The maximum absolute atomic E-state index is 13.4. The lowest BCUT2D eigenvalue weighted by Gasteiger charge is -2.23. The first kappa shape index (κ1) is 26.7. The Morgan fingerprint density at radius 3 is 2.61 bits per heavy atom. The Balaban J connectivity index is 1.33. The van der Waals surface area contributed by atoms with E-state index in [0.29, 0.717) is 18.1 Å². The Bertz CT molecular complexity index is 1160. The normalized spacial score (nSPS) is 18.0. The Morgan fingerprint density at radius 1 is 1.03 bits per heavy atom. The molecule has 1 aliphatic heterocycles. The predicted molar refractivity (Wildman–Crippen MR) is 151 cm³/mol. The van der Waals surface area contributed by atoms with Gasteiger partial charge in [-0.05, 0) is 87.6 Å². The van der Waals surface area contributed by atoms with Crippen LogP contribution in [0.3, 0.4) is 0 Å². The summed E-state index contributed by atoms with van der Waals surface area (Å²) < 4.78 is 11.7. The molecule has 1 saturated carbocycles. The van der Waals surface area contributed by atoms with Crippen molar-refractivity contribution in [2.45, 2.75) is 83.6 Å². The van der Waals surface area contributed by atoms with Gasteiger partial charge in [0.25, 0.3) is 11.8 Å². The van der Waals surface area contributed by atoms with Gasteiger partial charge in [-0.2, -0.15) is 0 Å². The number of thiophene rings is 1. The maximum Gasteiger partial charge on any atom is 0.260 e. The number of hydrogen-bond acceptors (Lipinski definition) is 6. The predicted octanol–water partition coefficient (Wildman–Crippen LogP) is 5.84. The SMILES string of the molecule is CCOc1cc(C=Nc2sc3c(c2C(=O)NC2CCCCC2)CCCC3)ccc1OCC(=O)N1CCCC1. The van der Waals surface area contributed by atoms with E-state index < -0.39 is 0 Å². The summed E-state index contributed by atoms with van der Waals surface area (Å²) >= 11 is 1.66. The molecule has 3 aliphatic rings. The van der Waals surface area contributed by atoms with Gasteiger partial charge in [0.05, 0.1) is 12.2 Å². The third kappa shape index (κ3) is 6.40. The van der Waals surface area contributed by atoms with Crippen LogP contribution in [0.25, 0.3) is 0 Å². The summed E-state index contributed by atoms with van der Waals surface area (Å²) in [6, 6.07) is 5.90. The quantitative estimate of drug-likeness (QED) is 0.408. The minimum Gasteiger partial charge on any atom is -0.490 e. The molecule has 2 amide bonds. The Morgan fingerprint density at radius 2 is 1.82 bits per heavy atom. The molecule has 2 aromatic rings. The number of rotatable bonds is 9. The van der Waals surface area contributed by atoms with E-state index in [9.17, 15) is 9.59 Å². The standard InChI is InChI=1S/C30H39N3O4S/c1-2-36-25-18-21(14-15-24(25)37-20-27(34)33-16-8-9-17-33)19-31-30-28(23-12-6-7-13-26(23)38-30)29(35)32-22-10-4-3-5-11-22/h14-15,18-19,22H,2-13,16-17,20H2,1H3,(H,32,35). The highest BCUT2D eigenvalue weighted by molar-refractivity contribution is 7.16. The highest BCUT2D eigenvalue weighted by atomic mass is 32.1. The van der Waals surface area contributed by atoms with Crippen LogP contribution in [0.4, 0.5) is 5.00 Å². The molecule has 0 spiro atoms. The number of carbonyl (C=O) groups excluding carboxylic acids is 2. The van der Waals surface area contributed by atoms with Crippen LogP contribution >= 0.6 is 11.3 Å². The van der Waals surface area contributed by atoms with E-state index in [4.69, 9.17) is 14.5 Å². The van der Waals surface area contributed by atoms with Gasteiger partial charge in [-0.25, -0.2) is 4.99 Å². The number of aryl methyl sites for hydroxylation is 1. The number of nitrogens with zero attached hydrogens (tertiary/aromatic N) is 2. The number of carbonyl (C=O) groups is 2. The lowest BCUT2D eigenvalue weighted by molar-refractivity contribution is -0.132. The number of likely N-dealkylation sites (tertiary alicyclic amines) is 1. The van der Waals surface area contributed by atoms with Gasteiger partial charge in [0.15, 0.2) is 18.1 Å². The van der Waals surface area contributed by atoms with Gasteiger partial charge in [-0.1, -0.05) is 19.3 Å². The van der Waals surface area contributed by atoms with Crippen LogP contribution < -0.4 is 14.8 Å². The van der Waals surface area contributed by atoms with Crippen molar-refractivity contribution >= 4 is 34.4 Å². The molecule has 8 heteroatoms. The van der Waals surface area contributed by atoms with E-state index in [0.717, 1.165) is 74.2 Å². The van der Waals surface area contributed by atoms with Crippen molar-refractivity contribution in [3.63, 3.8) is 0 Å². The lowest BCUT2D eigenvalue weighted by Crippen LogP contribution is -2.36. The van der Waals surface area contributed by atoms with Gasteiger partial charge >= 0.3 is 0 Å². The number of benzene rings is 1. The summed E-state index contributed by atoms with van der Waals surface area (Å²) in [6.07, 6.45) is 13.9. The number of amides is 2. The Hall–Kier alpha value is -2.87. The highest BCUT2D eigenvalue weighted by Gasteiger charge is 2.27. The fourth-order valence-electron chi connectivity index (χ4n) is 5.70. The van der Waals surface area contributed by atoms with Gasteiger partial charge in [-0.15, -0.1) is 11.3 Å². The summed E-state index contributed by atoms with van der Waals surface area (Å²) in [4.78, 5) is 33.8. The first-order valence-corrected chi connectivity index (χ1v) is 15.1. The minimum atomic E-state index is 0.00766. The molecule has 2 fully saturated rings. The molecule has 7 nitrogen and oxygen atoms in total. The van der Waals surface area contributed by atoms with Crippen molar-refractivity contribution in [2.24, 2.45) is 4.99 Å². The zero-order valence-corrected chi connectivity index (χ0v) is 23.2. The zero-order chi connectivity index (χ0) is 26.3. The molecule has 1 N–H and O–H groups in total. The van der Waals surface area contributed by atoms with E-state index in [-0.39, 0.29) is 24.5 Å². The third-order valence-corrected chi connectivity index (χ3v) is 8.93. The van der Waals surface area contributed by atoms with Crippen LogP contribution in [-0.2, 0) is 17.6 Å². The molecule has 204 valence electrons. The van der Waals surface area contributed by atoms with Crippen LogP contribution in [-0.4, -0.2) is 55.3 Å². The second-order valence-electron chi connectivity index (χ2n) is 10.5. The van der Waals surface area contributed by atoms with Gasteiger partial charge < -0.3 is 19.7 Å². The van der Waals surface area contributed by atoms with Crippen LogP contribution in [0.2, 0.25) is 0 Å². The zero-order valence-electron chi connectivity index (χ0n) is 22.4. The second-order valence-corrected chi connectivity index (χ2v) is 11.6. The summed E-state index contributed by atoms with van der Waals surface area (Å²) in [5.74, 6) is 1.18. The van der Waals surface area contributed by atoms with Crippen LogP contribution in [0.15, 0.2) is 23.2 Å². The average molecular weight is 538 g/mol. The lowest BCUT2D eigenvalue weighted by atomic mass is 9.93. The van der Waals surface area contributed by atoms with Gasteiger partial charge in [-0.3, -0.25) is 9.59 Å². The summed E-state index contributed by atoms with van der Waals surface area (Å²) in [5, 5.41) is 4.10. The molecule has 0 unspecified atom stereocenters. The van der Waals surface area contributed by atoms with Crippen molar-refractivity contribution in [1.82, 2.24) is 10.2 Å². The number of aliphatic imine (C=N–C) groups is 1.